The van der Waals surface area contributed by atoms with Gasteiger partial charge in [0, 0.05) is 17.6 Å². The van der Waals surface area contributed by atoms with Crippen LogP contribution in [0.1, 0.15) is 50.7 Å². The SMILES string of the molecule is CCC[C@H]1CCC[C@H](C(O)c2ccccc2F)N1.Cl. The molecule has 2 N–H and O–H groups in total. The Labute approximate surface area is 120 Å². The fourth-order valence-corrected chi connectivity index (χ4v) is 2.81. The van der Waals surface area contributed by atoms with E-state index >= 15 is 0 Å². The lowest BCUT2D eigenvalue weighted by molar-refractivity contribution is 0.0966. The van der Waals surface area contributed by atoms with E-state index in [4.69, 9.17) is 0 Å². The Morgan fingerprint density at radius 1 is 1.37 bits per heavy atom. The molecule has 1 saturated heterocycles. The number of piperidine rings is 1. The molecule has 3 atom stereocenters. The Hall–Kier alpha value is -0.640. The quantitative estimate of drug-likeness (QED) is 0.887. The van der Waals surface area contributed by atoms with Crippen molar-refractivity contribution in [3.8, 4) is 0 Å². The van der Waals surface area contributed by atoms with Crippen LogP contribution in [0.5, 0.6) is 0 Å². The molecule has 1 aromatic rings. The minimum Gasteiger partial charge on any atom is -0.387 e. The third-order valence-corrected chi connectivity index (χ3v) is 3.76. The van der Waals surface area contributed by atoms with Crippen molar-refractivity contribution in [2.75, 3.05) is 0 Å². The maximum Gasteiger partial charge on any atom is 0.129 e. The van der Waals surface area contributed by atoms with E-state index in [0.29, 0.717) is 11.6 Å². The van der Waals surface area contributed by atoms with Gasteiger partial charge in [0.2, 0.25) is 0 Å². The summed E-state index contributed by atoms with van der Waals surface area (Å²) in [6.07, 6.45) is 4.70. The van der Waals surface area contributed by atoms with Crippen LogP contribution in [0.3, 0.4) is 0 Å². The van der Waals surface area contributed by atoms with Crippen molar-refractivity contribution in [1.82, 2.24) is 5.32 Å². The van der Waals surface area contributed by atoms with Gasteiger partial charge in [-0.15, -0.1) is 12.4 Å². The van der Waals surface area contributed by atoms with Crippen LogP contribution in [0.25, 0.3) is 0 Å². The van der Waals surface area contributed by atoms with Crippen molar-refractivity contribution in [3.05, 3.63) is 35.6 Å². The second-order valence-corrected chi connectivity index (χ2v) is 5.16. The lowest BCUT2D eigenvalue weighted by Gasteiger charge is -2.34. The molecule has 0 bridgehead atoms. The fourth-order valence-electron chi connectivity index (χ4n) is 2.81. The molecule has 0 aromatic heterocycles. The van der Waals surface area contributed by atoms with Gasteiger partial charge in [-0.3, -0.25) is 0 Å². The van der Waals surface area contributed by atoms with E-state index in [2.05, 4.69) is 12.2 Å². The van der Waals surface area contributed by atoms with Gasteiger partial charge in [-0.25, -0.2) is 4.39 Å². The van der Waals surface area contributed by atoms with Gasteiger partial charge in [0.1, 0.15) is 5.82 Å². The summed E-state index contributed by atoms with van der Waals surface area (Å²) in [5.41, 5.74) is 0.409. The summed E-state index contributed by atoms with van der Waals surface area (Å²) in [6.45, 7) is 2.17. The zero-order valence-electron chi connectivity index (χ0n) is 11.3. The lowest BCUT2D eigenvalue weighted by atomic mass is 9.90. The number of rotatable bonds is 4. The monoisotopic (exact) mass is 287 g/mol. The normalized spacial score (nSPS) is 24.6. The van der Waals surface area contributed by atoms with Crippen molar-refractivity contribution < 1.29 is 9.50 Å². The first-order chi connectivity index (χ1) is 8.72. The molecule has 0 amide bonds. The largest absolute Gasteiger partial charge is 0.387 e. The van der Waals surface area contributed by atoms with Crippen LogP contribution >= 0.6 is 12.4 Å². The van der Waals surface area contributed by atoms with Crippen LogP contribution in [0, 0.1) is 5.82 Å². The van der Waals surface area contributed by atoms with Crippen LogP contribution in [0.4, 0.5) is 4.39 Å². The van der Waals surface area contributed by atoms with Crippen molar-refractivity contribution >= 4 is 12.4 Å². The summed E-state index contributed by atoms with van der Waals surface area (Å²) in [7, 11) is 0. The highest BCUT2D eigenvalue weighted by molar-refractivity contribution is 5.85. The average molecular weight is 288 g/mol. The minimum absolute atomic E-state index is 0. The highest BCUT2D eigenvalue weighted by Gasteiger charge is 2.28. The molecule has 1 aromatic carbocycles. The first-order valence-corrected chi connectivity index (χ1v) is 6.91. The molecule has 19 heavy (non-hydrogen) atoms. The van der Waals surface area contributed by atoms with Crippen LogP contribution in [0.15, 0.2) is 24.3 Å². The first kappa shape index (κ1) is 16.4. The molecule has 1 unspecified atom stereocenters. The van der Waals surface area contributed by atoms with Crippen molar-refractivity contribution in [1.29, 1.82) is 0 Å². The maximum atomic E-state index is 13.7. The van der Waals surface area contributed by atoms with E-state index in [1.54, 1.807) is 18.2 Å². The summed E-state index contributed by atoms with van der Waals surface area (Å²) >= 11 is 0. The highest BCUT2D eigenvalue weighted by Crippen LogP contribution is 2.27. The fraction of sp³-hybridized carbons (Fsp3) is 0.600. The smallest absolute Gasteiger partial charge is 0.129 e. The summed E-state index contributed by atoms with van der Waals surface area (Å²) in [4.78, 5) is 0. The van der Waals surface area contributed by atoms with E-state index in [9.17, 15) is 9.50 Å². The lowest BCUT2D eigenvalue weighted by Crippen LogP contribution is -2.45. The highest BCUT2D eigenvalue weighted by atomic mass is 35.5. The third-order valence-electron chi connectivity index (χ3n) is 3.76. The number of halogens is 2. The first-order valence-electron chi connectivity index (χ1n) is 6.91. The number of aliphatic hydroxyl groups is 1. The van der Waals surface area contributed by atoms with Crippen molar-refractivity contribution in [2.45, 2.75) is 57.2 Å². The predicted octanol–water partition coefficient (Wildman–Crippen LogP) is 3.59. The molecule has 2 nitrogen and oxygen atoms in total. The summed E-state index contributed by atoms with van der Waals surface area (Å²) < 4.78 is 13.7. The number of nitrogens with one attached hydrogen (secondary N) is 1. The molecule has 4 heteroatoms. The van der Waals surface area contributed by atoms with Gasteiger partial charge in [0.15, 0.2) is 0 Å². The maximum absolute atomic E-state index is 13.7. The Kier molecular flexibility index (Phi) is 6.76. The van der Waals surface area contributed by atoms with Crippen LogP contribution in [-0.2, 0) is 0 Å². The molecule has 108 valence electrons. The molecule has 0 saturated carbocycles. The molecule has 0 radical (unpaired) electrons. The van der Waals surface area contributed by atoms with E-state index in [1.807, 2.05) is 0 Å². The number of aliphatic hydroxyl groups excluding tert-OH is 1. The van der Waals surface area contributed by atoms with Gasteiger partial charge in [0.25, 0.3) is 0 Å². The van der Waals surface area contributed by atoms with Gasteiger partial charge < -0.3 is 10.4 Å². The predicted molar refractivity (Wildman–Crippen MR) is 78.1 cm³/mol. The summed E-state index contributed by atoms with van der Waals surface area (Å²) in [5.74, 6) is -0.315. The van der Waals surface area contributed by atoms with E-state index in [-0.39, 0.29) is 24.3 Å². The Balaban J connectivity index is 0.00000180. The number of hydrogen-bond acceptors (Lipinski definition) is 2. The Morgan fingerprint density at radius 2 is 2.11 bits per heavy atom. The van der Waals surface area contributed by atoms with Crippen molar-refractivity contribution in [3.63, 3.8) is 0 Å². The van der Waals surface area contributed by atoms with Crippen LogP contribution in [0.2, 0.25) is 0 Å². The molecule has 2 rings (SSSR count). The second-order valence-electron chi connectivity index (χ2n) is 5.16. The molecule has 0 aliphatic carbocycles. The zero-order valence-corrected chi connectivity index (χ0v) is 12.1. The molecular formula is C15H23ClFNO. The molecule has 1 aliphatic heterocycles. The van der Waals surface area contributed by atoms with Crippen molar-refractivity contribution in [2.24, 2.45) is 0 Å². The summed E-state index contributed by atoms with van der Waals surface area (Å²) in [5, 5.41) is 13.8. The topological polar surface area (TPSA) is 32.3 Å². The molecule has 1 heterocycles. The molecule has 1 aliphatic rings. The second kappa shape index (κ2) is 7.83. The summed E-state index contributed by atoms with van der Waals surface area (Å²) in [6, 6.07) is 6.95. The van der Waals surface area contributed by atoms with Crippen LogP contribution in [-0.4, -0.2) is 17.2 Å². The van der Waals surface area contributed by atoms with Gasteiger partial charge in [-0.2, -0.15) is 0 Å². The van der Waals surface area contributed by atoms with Crippen LogP contribution < -0.4 is 5.32 Å². The molecular weight excluding hydrogens is 265 g/mol. The van der Waals surface area contributed by atoms with E-state index < -0.39 is 6.10 Å². The Morgan fingerprint density at radius 3 is 2.79 bits per heavy atom. The number of benzene rings is 1. The zero-order chi connectivity index (χ0) is 13.0. The van der Waals surface area contributed by atoms with Gasteiger partial charge in [-0.1, -0.05) is 38.0 Å². The number of hydrogen-bond donors (Lipinski definition) is 2. The molecule has 1 fully saturated rings. The van der Waals surface area contributed by atoms with Gasteiger partial charge >= 0.3 is 0 Å². The van der Waals surface area contributed by atoms with E-state index in [1.165, 1.54) is 6.07 Å². The molecule has 0 spiro atoms. The van der Waals surface area contributed by atoms with Gasteiger partial charge in [-0.05, 0) is 25.3 Å². The Bertz CT molecular complexity index is 386. The van der Waals surface area contributed by atoms with Gasteiger partial charge in [0.05, 0.1) is 6.10 Å². The third kappa shape index (κ3) is 4.16. The standard InChI is InChI=1S/C15H22FNO.ClH/c1-2-6-11-7-5-10-14(17-11)15(18)12-8-3-4-9-13(12)16;/h3-4,8-9,11,14-15,17-18H,2,5-7,10H2,1H3;1H/t11-,14+,15?;/m0./s1. The minimum atomic E-state index is -0.745. The average Bonchev–Trinajstić information content (AvgIpc) is 2.39. The van der Waals surface area contributed by atoms with E-state index in [0.717, 1.165) is 32.1 Å².